The van der Waals surface area contributed by atoms with E-state index in [1.165, 1.54) is 0 Å². The largest absolute Gasteiger partial charge is 0.386 e. The highest BCUT2D eigenvalue weighted by atomic mass is 16.3. The second-order valence-corrected chi connectivity index (χ2v) is 9.77. The van der Waals surface area contributed by atoms with E-state index >= 15 is 0 Å². The van der Waals surface area contributed by atoms with Crippen LogP contribution in [-0.4, -0.2) is 55.3 Å². The van der Waals surface area contributed by atoms with Crippen LogP contribution in [0.5, 0.6) is 0 Å². The first-order valence-electron chi connectivity index (χ1n) is 11.7. The molecule has 3 aromatic heterocycles. The summed E-state index contributed by atoms with van der Waals surface area (Å²) in [5, 5.41) is 10.3. The molecule has 2 atom stereocenters. The van der Waals surface area contributed by atoms with Crippen molar-refractivity contribution < 1.29 is 9.90 Å². The van der Waals surface area contributed by atoms with Crippen LogP contribution in [0.25, 0.3) is 27.9 Å². The van der Waals surface area contributed by atoms with E-state index in [0.717, 1.165) is 71.7 Å². The van der Waals surface area contributed by atoms with Crippen molar-refractivity contribution in [3.63, 3.8) is 0 Å². The van der Waals surface area contributed by atoms with Gasteiger partial charge in [-0.3, -0.25) is 4.40 Å². The minimum Gasteiger partial charge on any atom is -0.386 e. The number of hydrogen-bond acceptors (Lipinski definition) is 5. The summed E-state index contributed by atoms with van der Waals surface area (Å²) in [6, 6.07) is 10.0. The molecule has 2 unspecified atom stereocenters. The Balaban J connectivity index is 1.64. The number of rotatable bonds is 6. The van der Waals surface area contributed by atoms with Gasteiger partial charge >= 0.3 is 0 Å². The normalized spacial score (nSPS) is 20.0. The summed E-state index contributed by atoms with van der Waals surface area (Å²) in [5.41, 5.74) is 4.72. The van der Waals surface area contributed by atoms with Crippen molar-refractivity contribution in [1.29, 1.82) is 0 Å². The van der Waals surface area contributed by atoms with Gasteiger partial charge in [0.05, 0.1) is 28.5 Å². The number of aliphatic hydroxyl groups is 1. The third-order valence-electron chi connectivity index (χ3n) is 7.00. The molecule has 1 aliphatic rings. The van der Waals surface area contributed by atoms with Gasteiger partial charge in [-0.1, -0.05) is 31.2 Å². The lowest BCUT2D eigenvalue weighted by Gasteiger charge is -2.36. The van der Waals surface area contributed by atoms with E-state index in [1.807, 2.05) is 36.7 Å². The molecule has 1 saturated heterocycles. The van der Waals surface area contributed by atoms with E-state index in [9.17, 15) is 9.90 Å². The van der Waals surface area contributed by atoms with Gasteiger partial charge in [-0.15, -0.1) is 0 Å². The Kier molecular flexibility index (Phi) is 5.54. The van der Waals surface area contributed by atoms with Gasteiger partial charge in [0, 0.05) is 37.2 Å². The molecule has 33 heavy (non-hydrogen) atoms. The summed E-state index contributed by atoms with van der Waals surface area (Å²) >= 11 is 0. The third-order valence-corrected chi connectivity index (χ3v) is 7.00. The molecule has 4 aromatic rings. The van der Waals surface area contributed by atoms with Gasteiger partial charge in [0.2, 0.25) is 0 Å². The molecule has 4 heterocycles. The maximum Gasteiger partial charge on any atom is 0.154 e. The molecule has 1 fully saturated rings. The number of carbonyl (C=O) groups excluding carboxylic acids is 1. The predicted molar refractivity (Wildman–Crippen MR) is 129 cm³/mol. The first-order valence-corrected chi connectivity index (χ1v) is 11.7. The number of carbonyl (C=O) groups is 1. The van der Waals surface area contributed by atoms with Crippen LogP contribution in [0, 0.1) is 5.92 Å². The van der Waals surface area contributed by atoms with Crippen LogP contribution in [0.4, 0.5) is 0 Å². The number of aldehydes is 1. The van der Waals surface area contributed by atoms with Crippen molar-refractivity contribution in [2.45, 2.75) is 45.1 Å². The average Bonchev–Trinajstić information content (AvgIpc) is 3.42. The number of aromatic nitrogens is 4. The Morgan fingerprint density at radius 1 is 1.21 bits per heavy atom. The topological polar surface area (TPSA) is 86.5 Å². The number of benzene rings is 1. The zero-order valence-corrected chi connectivity index (χ0v) is 19.5. The second-order valence-electron chi connectivity index (χ2n) is 9.77. The van der Waals surface area contributed by atoms with Crippen LogP contribution >= 0.6 is 0 Å². The predicted octanol–water partition coefficient (Wildman–Crippen LogP) is 4.12. The molecular formula is C26H31N5O2. The number of aromatic amines is 1. The number of imidazole rings is 1. The molecule has 0 saturated carbocycles. The summed E-state index contributed by atoms with van der Waals surface area (Å²) in [6.07, 6.45) is 6.46. The molecule has 1 aromatic carbocycles. The molecule has 0 bridgehead atoms. The van der Waals surface area contributed by atoms with Crippen LogP contribution < -0.4 is 0 Å². The molecule has 0 aliphatic carbocycles. The number of likely N-dealkylation sites (tertiary alicyclic amines) is 1. The van der Waals surface area contributed by atoms with E-state index in [4.69, 9.17) is 4.98 Å². The van der Waals surface area contributed by atoms with Gasteiger partial charge in [-0.2, -0.15) is 0 Å². The summed E-state index contributed by atoms with van der Waals surface area (Å²) < 4.78 is 2.25. The van der Waals surface area contributed by atoms with E-state index in [0.29, 0.717) is 12.3 Å². The summed E-state index contributed by atoms with van der Waals surface area (Å²) in [6.45, 7) is 8.58. The monoisotopic (exact) mass is 445 g/mol. The molecule has 1 aliphatic heterocycles. The summed E-state index contributed by atoms with van der Waals surface area (Å²) in [4.78, 5) is 26.4. The van der Waals surface area contributed by atoms with E-state index < -0.39 is 5.60 Å². The Hall–Kier alpha value is -3.03. The van der Waals surface area contributed by atoms with Crippen molar-refractivity contribution >= 4 is 23.0 Å². The first-order chi connectivity index (χ1) is 15.9. The van der Waals surface area contributed by atoms with Gasteiger partial charge in [0.25, 0.3) is 0 Å². The maximum atomic E-state index is 10.9. The fourth-order valence-corrected chi connectivity index (χ4v) is 4.99. The maximum absolute atomic E-state index is 10.9. The molecule has 0 spiro atoms. The van der Waals surface area contributed by atoms with E-state index in [2.05, 4.69) is 32.3 Å². The van der Waals surface area contributed by atoms with Crippen molar-refractivity contribution in [3.8, 4) is 11.3 Å². The van der Waals surface area contributed by atoms with Crippen LogP contribution in [0.1, 0.15) is 50.9 Å². The molecule has 172 valence electrons. The van der Waals surface area contributed by atoms with Crippen molar-refractivity contribution in [3.05, 3.63) is 54.1 Å². The molecule has 5 rings (SSSR count). The van der Waals surface area contributed by atoms with Crippen molar-refractivity contribution in [1.82, 2.24) is 24.3 Å². The Morgan fingerprint density at radius 3 is 2.73 bits per heavy atom. The molecule has 7 heteroatoms. The lowest BCUT2D eigenvalue weighted by molar-refractivity contribution is -0.108. The quantitative estimate of drug-likeness (QED) is 0.436. The Labute approximate surface area is 193 Å². The molecule has 2 N–H and O–H groups in total. The molecule has 0 amide bonds. The number of hydrogen-bond donors (Lipinski definition) is 2. The zero-order chi connectivity index (χ0) is 23.2. The number of piperidine rings is 1. The van der Waals surface area contributed by atoms with Crippen LogP contribution in [0.3, 0.4) is 0 Å². The van der Waals surface area contributed by atoms with E-state index in [-0.39, 0.29) is 5.92 Å². The van der Waals surface area contributed by atoms with Crippen molar-refractivity contribution in [2.24, 2.45) is 5.92 Å². The first kappa shape index (κ1) is 21.8. The lowest BCUT2D eigenvalue weighted by atomic mass is 9.86. The standard InChI is InChI=1S/C26H31N5O2/c1-17-10-13-30(12-4-14-32)16-20(17)25-29-23(18-5-7-19(8-6-18)26(2,3)33)22-15-28-24-21(31(22)25)9-11-27-24/h5-9,11,14-15,17,20,27,33H,4,10,12-13,16H2,1-3H3. The second kappa shape index (κ2) is 8.39. The number of nitrogens with one attached hydrogen (secondary N) is 1. The Morgan fingerprint density at radius 2 is 2.00 bits per heavy atom. The van der Waals surface area contributed by atoms with E-state index in [1.54, 1.807) is 13.8 Å². The highest BCUT2D eigenvalue weighted by Gasteiger charge is 2.32. The lowest BCUT2D eigenvalue weighted by Crippen LogP contribution is -2.39. The minimum absolute atomic E-state index is 0.253. The number of fused-ring (bicyclic) bond motifs is 3. The Bertz CT molecular complexity index is 1280. The molecule has 7 nitrogen and oxygen atoms in total. The number of nitrogens with zero attached hydrogens (tertiary/aromatic N) is 4. The fraction of sp³-hybridized carbons (Fsp3) is 0.423. The summed E-state index contributed by atoms with van der Waals surface area (Å²) in [7, 11) is 0. The van der Waals surface area contributed by atoms with Gasteiger partial charge in [0.15, 0.2) is 5.65 Å². The minimum atomic E-state index is -0.888. The smallest absolute Gasteiger partial charge is 0.154 e. The van der Waals surface area contributed by atoms with Gasteiger partial charge in [-0.05, 0) is 44.4 Å². The van der Waals surface area contributed by atoms with Crippen LogP contribution in [0.15, 0.2) is 42.7 Å². The van der Waals surface area contributed by atoms with Crippen LogP contribution in [0.2, 0.25) is 0 Å². The van der Waals surface area contributed by atoms with Crippen molar-refractivity contribution in [2.75, 3.05) is 19.6 Å². The fourth-order valence-electron chi connectivity index (χ4n) is 4.99. The highest BCUT2D eigenvalue weighted by Crippen LogP contribution is 2.37. The van der Waals surface area contributed by atoms with Crippen LogP contribution in [-0.2, 0) is 10.4 Å². The molecule has 0 radical (unpaired) electrons. The average molecular weight is 446 g/mol. The van der Waals surface area contributed by atoms with Gasteiger partial charge < -0.3 is 19.8 Å². The van der Waals surface area contributed by atoms with Gasteiger partial charge in [0.1, 0.15) is 12.1 Å². The molecular weight excluding hydrogens is 414 g/mol. The number of H-pyrrole nitrogens is 1. The SMILES string of the molecule is CC1CCN(CCC=O)CC1c1nc(-c2ccc(C(C)(C)O)cc2)c2cnc3[nH]ccc3n12. The third kappa shape index (κ3) is 3.96. The zero-order valence-electron chi connectivity index (χ0n) is 19.5. The highest BCUT2D eigenvalue weighted by molar-refractivity contribution is 5.84. The summed E-state index contributed by atoms with van der Waals surface area (Å²) in [5.74, 6) is 1.78. The van der Waals surface area contributed by atoms with Gasteiger partial charge in [-0.25, -0.2) is 9.97 Å².